The molecule has 2 N–H and O–H groups in total. The molecule has 0 fully saturated rings. The second kappa shape index (κ2) is 8.38. The molecule has 0 rings (SSSR count). The fourth-order valence-electron chi connectivity index (χ4n) is 1.47. The third-order valence-corrected chi connectivity index (χ3v) is 2.52. The lowest BCUT2D eigenvalue weighted by atomic mass is 9.99. The molecule has 18 heavy (non-hydrogen) atoms. The predicted molar refractivity (Wildman–Crippen MR) is 62.2 cm³/mol. The van der Waals surface area contributed by atoms with Gasteiger partial charge >= 0.3 is 11.9 Å². The van der Waals surface area contributed by atoms with Gasteiger partial charge in [0.05, 0.1) is 0 Å². The Bertz CT molecular complexity index is 319. The molecule has 0 aromatic rings. The minimum absolute atomic E-state index is 0.00105. The van der Waals surface area contributed by atoms with Crippen LogP contribution in [0.25, 0.3) is 0 Å². The first-order chi connectivity index (χ1) is 8.38. The van der Waals surface area contributed by atoms with Gasteiger partial charge in [0.2, 0.25) is 0 Å². The van der Waals surface area contributed by atoms with Crippen LogP contribution in [-0.2, 0) is 19.2 Å². The molecule has 0 saturated heterocycles. The molecule has 0 aromatic heterocycles. The highest BCUT2D eigenvalue weighted by atomic mass is 16.4. The first-order valence-corrected chi connectivity index (χ1v) is 5.87. The summed E-state index contributed by atoms with van der Waals surface area (Å²) in [6.07, 6.45) is 1.02. The first kappa shape index (κ1) is 16.3. The molecule has 0 aliphatic carbocycles. The van der Waals surface area contributed by atoms with Crippen molar-refractivity contribution in [1.29, 1.82) is 0 Å². The molecule has 6 heteroatoms. The van der Waals surface area contributed by atoms with Gasteiger partial charge in [-0.1, -0.05) is 6.92 Å². The smallest absolute Gasteiger partial charge is 0.317 e. The fourth-order valence-corrected chi connectivity index (χ4v) is 1.47. The van der Waals surface area contributed by atoms with Crippen LogP contribution in [0.2, 0.25) is 0 Å². The van der Waals surface area contributed by atoms with Crippen LogP contribution in [-0.4, -0.2) is 33.7 Å². The number of hydrogen-bond donors (Lipinski definition) is 2. The van der Waals surface area contributed by atoms with Crippen LogP contribution in [0.3, 0.4) is 0 Å². The number of rotatable bonds is 10. The minimum atomic E-state index is -1.56. The number of carboxylic acid groups (broad SMARTS) is 2. The number of carboxylic acids is 2. The van der Waals surface area contributed by atoms with Gasteiger partial charge < -0.3 is 10.2 Å². The van der Waals surface area contributed by atoms with Crippen LogP contribution in [0, 0.1) is 5.92 Å². The molecule has 0 radical (unpaired) electrons. The highest BCUT2D eigenvalue weighted by molar-refractivity contribution is 5.93. The lowest BCUT2D eigenvalue weighted by Gasteiger charge is -2.06. The van der Waals surface area contributed by atoms with E-state index in [1.165, 1.54) is 0 Å². The minimum Gasteiger partial charge on any atom is -0.481 e. The van der Waals surface area contributed by atoms with Gasteiger partial charge in [-0.2, -0.15) is 0 Å². The molecule has 0 unspecified atom stereocenters. The molecule has 0 aliphatic heterocycles. The van der Waals surface area contributed by atoms with Crippen molar-refractivity contribution < 1.29 is 29.4 Å². The first-order valence-electron chi connectivity index (χ1n) is 5.87. The van der Waals surface area contributed by atoms with E-state index in [4.69, 9.17) is 10.2 Å². The Morgan fingerprint density at radius 2 is 1.28 bits per heavy atom. The summed E-state index contributed by atoms with van der Waals surface area (Å²) in [6, 6.07) is 0. The van der Waals surface area contributed by atoms with Gasteiger partial charge in [0.25, 0.3) is 0 Å². The Balaban J connectivity index is 3.99. The lowest BCUT2D eigenvalue weighted by molar-refractivity contribution is -0.154. The van der Waals surface area contributed by atoms with Gasteiger partial charge in [-0.15, -0.1) is 0 Å². The molecule has 0 heterocycles. The monoisotopic (exact) mass is 258 g/mol. The third-order valence-electron chi connectivity index (χ3n) is 2.52. The van der Waals surface area contributed by atoms with E-state index in [2.05, 4.69) is 0 Å². The number of aliphatic carboxylic acids is 2. The zero-order valence-corrected chi connectivity index (χ0v) is 10.3. The Hall–Kier alpha value is -1.72. The second-order valence-corrected chi connectivity index (χ2v) is 4.10. The van der Waals surface area contributed by atoms with Crippen LogP contribution >= 0.6 is 0 Å². The van der Waals surface area contributed by atoms with Gasteiger partial charge in [-0.25, -0.2) is 0 Å². The molecule has 0 amide bonds. The zero-order valence-electron chi connectivity index (χ0n) is 10.3. The summed E-state index contributed by atoms with van der Waals surface area (Å²) >= 11 is 0. The van der Waals surface area contributed by atoms with Crippen LogP contribution in [0.1, 0.15) is 45.4 Å². The molecular formula is C12H18O6. The molecule has 0 spiro atoms. The van der Waals surface area contributed by atoms with Crippen molar-refractivity contribution in [3.05, 3.63) is 0 Å². The van der Waals surface area contributed by atoms with E-state index in [1.54, 1.807) is 0 Å². The maximum Gasteiger partial charge on any atom is 0.317 e. The predicted octanol–water partition coefficient (Wildman–Crippen LogP) is 1.27. The van der Waals surface area contributed by atoms with Gasteiger partial charge in [0.15, 0.2) is 5.92 Å². The van der Waals surface area contributed by atoms with Crippen molar-refractivity contribution in [3.63, 3.8) is 0 Å². The van der Waals surface area contributed by atoms with E-state index in [0.29, 0.717) is 6.42 Å². The summed E-state index contributed by atoms with van der Waals surface area (Å²) < 4.78 is 0. The Kier molecular flexibility index (Phi) is 7.58. The maximum absolute atomic E-state index is 11.4. The number of carbonyl (C=O) groups excluding carboxylic acids is 2. The number of Topliss-reactive ketones (excluding diaryl/α,β-unsaturated/α-hetero) is 2. The molecule has 0 aromatic carbocycles. The van der Waals surface area contributed by atoms with Gasteiger partial charge in [0.1, 0.15) is 11.6 Å². The van der Waals surface area contributed by atoms with Gasteiger partial charge in [0, 0.05) is 25.7 Å². The molecule has 0 atom stereocenters. The molecule has 0 saturated carbocycles. The Morgan fingerprint density at radius 3 is 1.67 bits per heavy atom. The van der Waals surface area contributed by atoms with E-state index in [1.807, 2.05) is 6.92 Å². The van der Waals surface area contributed by atoms with Crippen molar-refractivity contribution in [1.82, 2.24) is 0 Å². The average Bonchev–Trinajstić information content (AvgIpc) is 2.26. The Labute approximate surface area is 105 Å². The summed E-state index contributed by atoms with van der Waals surface area (Å²) in [5.41, 5.74) is 0. The van der Waals surface area contributed by atoms with E-state index in [-0.39, 0.29) is 37.2 Å². The largest absolute Gasteiger partial charge is 0.481 e. The maximum atomic E-state index is 11.4. The summed E-state index contributed by atoms with van der Waals surface area (Å²) in [6.45, 7) is 1.87. The van der Waals surface area contributed by atoms with Crippen LogP contribution in [0.5, 0.6) is 0 Å². The molecule has 6 nitrogen and oxygen atoms in total. The molecule has 0 bridgehead atoms. The van der Waals surface area contributed by atoms with E-state index >= 15 is 0 Å². The van der Waals surface area contributed by atoms with Gasteiger partial charge in [-0.3, -0.25) is 19.2 Å². The summed E-state index contributed by atoms with van der Waals surface area (Å²) in [7, 11) is 0. The molecule has 102 valence electrons. The summed E-state index contributed by atoms with van der Waals surface area (Å²) in [5.74, 6) is -4.72. The van der Waals surface area contributed by atoms with Crippen molar-refractivity contribution in [2.24, 2.45) is 5.92 Å². The van der Waals surface area contributed by atoms with E-state index < -0.39 is 17.9 Å². The molecular weight excluding hydrogens is 240 g/mol. The van der Waals surface area contributed by atoms with Crippen molar-refractivity contribution in [2.45, 2.75) is 45.4 Å². The number of ketones is 2. The standard InChI is InChI=1S/C12H18O6/c1-2-3-8(13)4-5-9(14)6-7-10(11(15)16)12(17)18/h10H,2-7H2,1H3,(H,15,16)(H,17,18). The van der Waals surface area contributed by atoms with Crippen molar-refractivity contribution in [2.75, 3.05) is 0 Å². The number of carbonyl (C=O) groups is 4. The van der Waals surface area contributed by atoms with Crippen LogP contribution < -0.4 is 0 Å². The summed E-state index contributed by atoms with van der Waals surface area (Å²) in [4.78, 5) is 43.6. The normalized spacial score (nSPS) is 10.3. The lowest BCUT2D eigenvalue weighted by Crippen LogP contribution is -2.24. The SMILES string of the molecule is CCCC(=O)CCC(=O)CCC(C(=O)O)C(=O)O. The zero-order chi connectivity index (χ0) is 14.1. The molecule has 0 aliphatic rings. The fraction of sp³-hybridized carbons (Fsp3) is 0.667. The van der Waals surface area contributed by atoms with Crippen LogP contribution in [0.4, 0.5) is 0 Å². The summed E-state index contributed by atoms with van der Waals surface area (Å²) in [5, 5.41) is 17.2. The van der Waals surface area contributed by atoms with Crippen LogP contribution in [0.15, 0.2) is 0 Å². The van der Waals surface area contributed by atoms with Gasteiger partial charge in [-0.05, 0) is 12.8 Å². The number of hydrogen-bond acceptors (Lipinski definition) is 4. The quantitative estimate of drug-likeness (QED) is 0.571. The average molecular weight is 258 g/mol. The highest BCUT2D eigenvalue weighted by Gasteiger charge is 2.26. The highest BCUT2D eigenvalue weighted by Crippen LogP contribution is 2.10. The topological polar surface area (TPSA) is 109 Å². The van der Waals surface area contributed by atoms with Crippen molar-refractivity contribution in [3.8, 4) is 0 Å². The van der Waals surface area contributed by atoms with Crippen molar-refractivity contribution >= 4 is 23.5 Å². The van der Waals surface area contributed by atoms with E-state index in [9.17, 15) is 19.2 Å². The second-order valence-electron chi connectivity index (χ2n) is 4.10. The van der Waals surface area contributed by atoms with E-state index in [0.717, 1.165) is 6.42 Å². The third kappa shape index (κ3) is 6.78. The Morgan fingerprint density at radius 1 is 0.833 bits per heavy atom.